The Hall–Kier alpha value is -2.39. The van der Waals surface area contributed by atoms with Gasteiger partial charge in [-0.15, -0.1) is 0 Å². The number of piperidine rings is 1. The number of rotatable bonds is 8. The number of hydrogen-bond acceptors (Lipinski definition) is 5. The van der Waals surface area contributed by atoms with Crippen molar-refractivity contribution < 1.29 is 33.4 Å². The third-order valence-corrected chi connectivity index (χ3v) is 5.34. The second-order valence-corrected chi connectivity index (χ2v) is 7.58. The molecule has 0 radical (unpaired) electrons. The molecule has 2 rings (SSSR count). The molecule has 1 unspecified atom stereocenters. The number of nitrogens with zero attached hydrogens (tertiary/aromatic N) is 1. The summed E-state index contributed by atoms with van der Waals surface area (Å²) in [6.45, 7) is -1.25. The van der Waals surface area contributed by atoms with Crippen molar-refractivity contribution in [1.29, 1.82) is 0 Å². The van der Waals surface area contributed by atoms with Gasteiger partial charge in [0.2, 0.25) is 5.91 Å². The molecule has 11 heteroatoms. The predicted molar refractivity (Wildman–Crippen MR) is 106 cm³/mol. The molecular weight excluding hydrogens is 442 g/mol. The number of nitrogens with one attached hydrogen (secondary N) is 1. The Morgan fingerprint density at radius 1 is 1.23 bits per heavy atom. The lowest BCUT2D eigenvalue weighted by atomic mass is 10.0. The summed E-state index contributed by atoms with van der Waals surface area (Å²) in [5.74, 6) is -3.13. The van der Waals surface area contributed by atoms with Crippen LogP contribution in [0.15, 0.2) is 18.2 Å². The highest BCUT2D eigenvalue weighted by Gasteiger charge is 2.35. The fourth-order valence-electron chi connectivity index (χ4n) is 3.06. The first kappa shape index (κ1) is 23.9. The van der Waals surface area contributed by atoms with E-state index >= 15 is 0 Å². The molecule has 0 bridgehead atoms. The Morgan fingerprint density at radius 2 is 1.97 bits per heavy atom. The molecule has 8 nitrogen and oxygen atoms in total. The van der Waals surface area contributed by atoms with Crippen LogP contribution in [0.3, 0.4) is 0 Å². The summed E-state index contributed by atoms with van der Waals surface area (Å²) in [6, 6.07) is 2.30. The van der Waals surface area contributed by atoms with Crippen LogP contribution < -0.4 is 5.32 Å². The second kappa shape index (κ2) is 11.1. The summed E-state index contributed by atoms with van der Waals surface area (Å²) in [5, 5.41) is 11.8. The maximum Gasteiger partial charge on any atom is 0.410 e. The molecule has 2 atom stereocenters. The number of benzene rings is 1. The van der Waals surface area contributed by atoms with Crippen LogP contribution in [0.1, 0.15) is 31.2 Å². The minimum absolute atomic E-state index is 0.0947. The van der Waals surface area contributed by atoms with Crippen LogP contribution in [0, 0.1) is 0 Å². The Morgan fingerprint density at radius 3 is 2.60 bits per heavy atom. The van der Waals surface area contributed by atoms with Crippen molar-refractivity contribution in [3.05, 3.63) is 33.8 Å². The largest absolute Gasteiger partial charge is 0.481 e. The number of carboxylic acids is 1. The molecule has 0 aromatic heterocycles. The maximum atomic E-state index is 12.7. The predicted octanol–water partition coefficient (Wildman–Crippen LogP) is 2.98. The van der Waals surface area contributed by atoms with Crippen LogP contribution in [-0.2, 0) is 25.7 Å². The first-order valence-corrected chi connectivity index (χ1v) is 9.96. The molecule has 1 heterocycles. The molecule has 1 aliphatic heterocycles. The van der Waals surface area contributed by atoms with Crippen molar-refractivity contribution >= 4 is 47.0 Å². The van der Waals surface area contributed by atoms with Crippen molar-refractivity contribution in [3.63, 3.8) is 0 Å². The standard InChI is InChI=1S/C19H21Cl2FN2O6/c20-12-5-4-11(7-13(12)21)10-30-19(29)24-6-2-1-3-15(24)18(28)23-14(8-17(26)27)16(25)9-22/h4-5,7,14-15H,1-3,6,8-10H2,(H,23,28)(H,26,27)/t14?,15-/m0/s1. The van der Waals surface area contributed by atoms with Gasteiger partial charge in [0.05, 0.1) is 16.5 Å². The number of aliphatic carboxylic acids is 1. The molecule has 164 valence electrons. The van der Waals surface area contributed by atoms with Crippen molar-refractivity contribution in [2.24, 2.45) is 0 Å². The first-order valence-electron chi connectivity index (χ1n) is 9.21. The molecule has 1 fully saturated rings. The fraction of sp³-hybridized carbons (Fsp3) is 0.474. The fourth-order valence-corrected chi connectivity index (χ4v) is 3.38. The first-order chi connectivity index (χ1) is 14.2. The molecule has 0 spiro atoms. The number of Topliss-reactive ketones (excluding diaryl/α,β-unsaturated/α-hetero) is 1. The summed E-state index contributed by atoms with van der Waals surface area (Å²) < 4.78 is 18.0. The zero-order valence-corrected chi connectivity index (χ0v) is 17.4. The Kier molecular flexibility index (Phi) is 8.86. The summed E-state index contributed by atoms with van der Waals surface area (Å²) in [5.41, 5.74) is 0.603. The van der Waals surface area contributed by atoms with E-state index < -0.39 is 48.9 Å². The molecule has 2 amide bonds. The number of alkyl halides is 1. The summed E-state index contributed by atoms with van der Waals surface area (Å²) in [7, 11) is 0. The molecule has 30 heavy (non-hydrogen) atoms. The van der Waals surface area contributed by atoms with Crippen LogP contribution in [0.2, 0.25) is 10.0 Å². The van der Waals surface area contributed by atoms with Crippen LogP contribution in [-0.4, -0.2) is 59.1 Å². The second-order valence-electron chi connectivity index (χ2n) is 6.77. The molecule has 2 N–H and O–H groups in total. The summed E-state index contributed by atoms with van der Waals surface area (Å²) in [6.07, 6.45) is 0.107. The van der Waals surface area contributed by atoms with E-state index in [0.717, 1.165) is 0 Å². The molecule has 1 aromatic carbocycles. The number of hydrogen-bond donors (Lipinski definition) is 2. The monoisotopic (exact) mass is 462 g/mol. The van der Waals surface area contributed by atoms with Crippen molar-refractivity contribution in [1.82, 2.24) is 10.2 Å². The highest BCUT2D eigenvalue weighted by molar-refractivity contribution is 6.42. The zero-order chi connectivity index (χ0) is 22.3. The van der Waals surface area contributed by atoms with Gasteiger partial charge in [0.15, 0.2) is 5.78 Å². The van der Waals surface area contributed by atoms with E-state index in [1.165, 1.54) is 4.90 Å². The van der Waals surface area contributed by atoms with Crippen molar-refractivity contribution in [3.8, 4) is 0 Å². The zero-order valence-electron chi connectivity index (χ0n) is 15.9. The topological polar surface area (TPSA) is 113 Å². The average molecular weight is 463 g/mol. The van der Waals surface area contributed by atoms with E-state index in [1.54, 1.807) is 18.2 Å². The smallest absolute Gasteiger partial charge is 0.410 e. The van der Waals surface area contributed by atoms with E-state index in [2.05, 4.69) is 5.32 Å². The number of carbonyl (C=O) groups is 4. The van der Waals surface area contributed by atoms with Gasteiger partial charge < -0.3 is 15.2 Å². The third kappa shape index (κ3) is 6.56. The van der Waals surface area contributed by atoms with Crippen LogP contribution in [0.4, 0.5) is 9.18 Å². The van der Waals surface area contributed by atoms with Gasteiger partial charge in [0.1, 0.15) is 25.4 Å². The van der Waals surface area contributed by atoms with Crippen LogP contribution in [0.5, 0.6) is 0 Å². The van der Waals surface area contributed by atoms with Gasteiger partial charge in [0, 0.05) is 6.54 Å². The third-order valence-electron chi connectivity index (χ3n) is 4.60. The molecular formula is C19H21Cl2FN2O6. The molecule has 1 aromatic rings. The highest BCUT2D eigenvalue weighted by Crippen LogP contribution is 2.24. The minimum atomic E-state index is -1.50. The van der Waals surface area contributed by atoms with E-state index in [9.17, 15) is 23.6 Å². The van der Waals surface area contributed by atoms with Gasteiger partial charge in [-0.05, 0) is 37.0 Å². The van der Waals surface area contributed by atoms with E-state index in [4.69, 9.17) is 33.0 Å². The van der Waals surface area contributed by atoms with Crippen LogP contribution >= 0.6 is 23.2 Å². The highest BCUT2D eigenvalue weighted by atomic mass is 35.5. The summed E-state index contributed by atoms with van der Waals surface area (Å²) >= 11 is 11.8. The number of ketones is 1. The number of halogens is 3. The Labute approximate surface area is 182 Å². The lowest BCUT2D eigenvalue weighted by Gasteiger charge is -2.34. The Bertz CT molecular complexity index is 822. The minimum Gasteiger partial charge on any atom is -0.481 e. The number of amides is 2. The van der Waals surface area contributed by atoms with Crippen molar-refractivity contribution in [2.45, 2.75) is 44.4 Å². The SMILES string of the molecule is O=C(O)CC(NC(=O)[C@@H]1CCCCN1C(=O)OCc1ccc(Cl)c(Cl)c1)C(=O)CF. The lowest BCUT2D eigenvalue weighted by Crippen LogP contribution is -2.55. The van der Waals surface area contributed by atoms with E-state index in [1.807, 2.05) is 0 Å². The van der Waals surface area contributed by atoms with Gasteiger partial charge in [0.25, 0.3) is 0 Å². The van der Waals surface area contributed by atoms with Crippen molar-refractivity contribution in [2.75, 3.05) is 13.2 Å². The van der Waals surface area contributed by atoms with Crippen LogP contribution in [0.25, 0.3) is 0 Å². The Balaban J connectivity index is 2.03. The van der Waals surface area contributed by atoms with E-state index in [-0.39, 0.29) is 13.2 Å². The number of likely N-dealkylation sites (tertiary alicyclic amines) is 1. The molecule has 1 saturated heterocycles. The quantitative estimate of drug-likeness (QED) is 0.613. The van der Waals surface area contributed by atoms with Gasteiger partial charge in [-0.25, -0.2) is 9.18 Å². The number of ether oxygens (including phenoxy) is 1. The maximum absolute atomic E-state index is 12.7. The molecule has 0 aliphatic carbocycles. The number of carbonyl (C=O) groups excluding carboxylic acids is 3. The van der Waals surface area contributed by atoms with E-state index in [0.29, 0.717) is 34.9 Å². The molecule has 1 aliphatic rings. The average Bonchev–Trinajstić information content (AvgIpc) is 2.72. The lowest BCUT2D eigenvalue weighted by molar-refractivity contribution is -0.140. The van der Waals surface area contributed by atoms with Gasteiger partial charge in [-0.3, -0.25) is 19.3 Å². The normalized spacial score (nSPS) is 17.2. The number of carboxylic acid groups (broad SMARTS) is 1. The summed E-state index contributed by atoms with van der Waals surface area (Å²) in [4.78, 5) is 48.9. The van der Waals surface area contributed by atoms with Gasteiger partial charge >= 0.3 is 12.1 Å². The van der Waals surface area contributed by atoms with Gasteiger partial charge in [-0.1, -0.05) is 29.3 Å². The van der Waals surface area contributed by atoms with Gasteiger partial charge in [-0.2, -0.15) is 0 Å². The molecule has 0 saturated carbocycles.